The van der Waals surface area contributed by atoms with Gasteiger partial charge in [0.05, 0.1) is 36.5 Å². The van der Waals surface area contributed by atoms with E-state index in [2.05, 4.69) is 52.8 Å². The first-order valence-electron chi connectivity index (χ1n) is 16.4. The van der Waals surface area contributed by atoms with E-state index < -0.39 is 22.2 Å². The van der Waals surface area contributed by atoms with Crippen LogP contribution in [0.1, 0.15) is 57.1 Å². The van der Waals surface area contributed by atoms with E-state index in [1.54, 1.807) is 19.9 Å². The van der Waals surface area contributed by atoms with E-state index in [9.17, 15) is 17.2 Å². The molecule has 13 heteroatoms. The molecule has 258 valence electrons. The number of hydrogen-bond acceptors (Lipinski definition) is 7. The largest absolute Gasteiger partial charge is 0.495 e. The van der Waals surface area contributed by atoms with Crippen molar-refractivity contribution in [2.75, 3.05) is 53.3 Å². The van der Waals surface area contributed by atoms with Crippen LogP contribution < -0.4 is 25.3 Å². The van der Waals surface area contributed by atoms with Crippen molar-refractivity contribution in [3.63, 3.8) is 0 Å². The minimum atomic E-state index is -3.73. The van der Waals surface area contributed by atoms with Crippen molar-refractivity contribution in [3.8, 4) is 17.6 Å². The first-order chi connectivity index (χ1) is 22.4. The Morgan fingerprint density at radius 3 is 2.45 bits per heavy atom. The Kier molecular flexibility index (Phi) is 11.6. The van der Waals surface area contributed by atoms with Gasteiger partial charge in [-0.05, 0) is 89.6 Å². The molecular weight excluding hydrogens is 643 g/mol. The lowest BCUT2D eigenvalue weighted by Gasteiger charge is -2.39. The number of halogens is 2. The standard InChI is InChI=1S/C34H48F2N5O4PS/c1-39(2)25-10-12-26(13-11-25)40(3)31-8-5-9-32-29(31)21-27(41(32)23-34(35,36)46)7-6-18-37-30-15-14-28(22-33(30)44-4)47(42,43)38-24-16-19-45-20-17-24/h9,14-15,21-22,24-26,37-38H,5,8,10-13,16-20,23,46H2,1-4H3. The number of nitrogens with zero attached hydrogens (tertiary/aromatic N) is 3. The molecule has 0 radical (unpaired) electrons. The van der Waals surface area contributed by atoms with Gasteiger partial charge in [0.15, 0.2) is 0 Å². The number of benzene rings is 1. The number of aromatic nitrogens is 1. The van der Waals surface area contributed by atoms with Crippen LogP contribution in [0.25, 0.3) is 11.8 Å². The van der Waals surface area contributed by atoms with Crippen molar-refractivity contribution in [1.29, 1.82) is 0 Å². The zero-order valence-corrected chi connectivity index (χ0v) is 29.8. The number of nitrogens with one attached hydrogen (secondary N) is 2. The zero-order chi connectivity index (χ0) is 33.8. The normalized spacial score (nSPS) is 20.6. The molecule has 1 aromatic heterocycles. The van der Waals surface area contributed by atoms with Crippen molar-refractivity contribution in [1.82, 2.24) is 19.1 Å². The molecule has 2 heterocycles. The Balaban J connectivity index is 1.35. The molecule has 1 atom stereocenters. The first-order valence-corrected chi connectivity index (χ1v) is 18.4. The van der Waals surface area contributed by atoms with Gasteiger partial charge in [-0.1, -0.05) is 21.2 Å². The summed E-state index contributed by atoms with van der Waals surface area (Å²) in [6.07, 6.45) is 9.46. The van der Waals surface area contributed by atoms with Crippen molar-refractivity contribution in [2.45, 2.75) is 86.6 Å². The molecule has 9 nitrogen and oxygen atoms in total. The Bertz CT molecular complexity index is 1700. The fourth-order valence-electron chi connectivity index (χ4n) is 6.89. The lowest BCUT2D eigenvalue weighted by atomic mass is 9.89. The van der Waals surface area contributed by atoms with Gasteiger partial charge in [-0.2, -0.15) is 0 Å². The highest BCUT2D eigenvalue weighted by Gasteiger charge is 2.29. The van der Waals surface area contributed by atoms with Gasteiger partial charge in [-0.25, -0.2) is 21.9 Å². The molecule has 1 unspecified atom stereocenters. The molecule has 1 aromatic carbocycles. The van der Waals surface area contributed by atoms with Gasteiger partial charge >= 0.3 is 0 Å². The van der Waals surface area contributed by atoms with Crippen LogP contribution in [0.15, 0.2) is 29.2 Å². The van der Waals surface area contributed by atoms with Crippen LogP contribution in [0.3, 0.4) is 0 Å². The third-order valence-electron chi connectivity index (χ3n) is 9.52. The molecular formula is C34H48F2N5O4PS. The smallest absolute Gasteiger partial charge is 0.276 e. The summed E-state index contributed by atoms with van der Waals surface area (Å²) in [5, 5.41) is 4.97. The average molecular weight is 692 g/mol. The van der Waals surface area contributed by atoms with Crippen LogP contribution in [0, 0.1) is 11.8 Å². The van der Waals surface area contributed by atoms with Gasteiger partial charge in [-0.15, -0.1) is 0 Å². The second-order valence-electron chi connectivity index (χ2n) is 12.9. The van der Waals surface area contributed by atoms with Crippen LogP contribution in [-0.4, -0.2) is 94.6 Å². The minimum absolute atomic E-state index is 0.110. The summed E-state index contributed by atoms with van der Waals surface area (Å²) in [7, 11) is 5.82. The number of anilines is 1. The van der Waals surface area contributed by atoms with E-state index in [-0.39, 0.29) is 17.5 Å². The van der Waals surface area contributed by atoms with Gasteiger partial charge < -0.3 is 29.2 Å². The number of sulfonamides is 1. The predicted octanol–water partition coefficient (Wildman–Crippen LogP) is 3.37. The number of ether oxygens (including phenoxy) is 2. The topological polar surface area (TPSA) is 88.1 Å². The van der Waals surface area contributed by atoms with Crippen molar-refractivity contribution in [2.24, 2.45) is 0 Å². The zero-order valence-electron chi connectivity index (χ0n) is 27.8. The van der Waals surface area contributed by atoms with Gasteiger partial charge in [-0.3, -0.25) is 0 Å². The van der Waals surface area contributed by atoms with Gasteiger partial charge in [0, 0.05) is 60.7 Å². The summed E-state index contributed by atoms with van der Waals surface area (Å²) >= 11 is 0. The van der Waals surface area contributed by atoms with Crippen molar-refractivity contribution >= 4 is 36.7 Å². The second-order valence-corrected chi connectivity index (χ2v) is 15.5. The highest BCUT2D eigenvalue weighted by molar-refractivity contribution is 7.89. The molecule has 47 heavy (non-hydrogen) atoms. The maximum atomic E-state index is 14.4. The molecule has 1 saturated carbocycles. The average Bonchev–Trinajstić information content (AvgIpc) is 3.38. The summed E-state index contributed by atoms with van der Waals surface area (Å²) < 4.78 is 70.0. The van der Waals surface area contributed by atoms with E-state index in [1.807, 2.05) is 12.1 Å². The molecule has 1 saturated heterocycles. The SMILES string of the molecule is COc1cc(S(=O)(=O)NC2CCOCC2)ccc1NCC#Cc1cc2c(n1CC(F)(F)P)=CCCC=2N(C)C1CCC(N(C)C)CC1. The third kappa shape index (κ3) is 8.87. The van der Waals surface area contributed by atoms with Crippen LogP contribution in [0.2, 0.25) is 0 Å². The van der Waals surface area contributed by atoms with E-state index >= 15 is 0 Å². The molecule has 2 aliphatic carbocycles. The maximum absolute atomic E-state index is 14.4. The fourth-order valence-corrected chi connectivity index (χ4v) is 8.39. The number of methoxy groups -OCH3 is 1. The minimum Gasteiger partial charge on any atom is -0.495 e. The highest BCUT2D eigenvalue weighted by Crippen LogP contribution is 2.30. The summed E-state index contributed by atoms with van der Waals surface area (Å²) in [5.74, 6) is 6.58. The molecule has 0 bridgehead atoms. The molecule has 0 amide bonds. The predicted molar refractivity (Wildman–Crippen MR) is 185 cm³/mol. The molecule has 2 fully saturated rings. The molecule has 2 aromatic rings. The molecule has 2 N–H and O–H groups in total. The van der Waals surface area contributed by atoms with E-state index in [1.165, 1.54) is 24.9 Å². The third-order valence-corrected chi connectivity index (χ3v) is 11.2. The van der Waals surface area contributed by atoms with Gasteiger partial charge in [0.25, 0.3) is 5.66 Å². The van der Waals surface area contributed by atoms with E-state index in [0.29, 0.717) is 55.3 Å². The Hall–Kier alpha value is -2.68. The van der Waals surface area contributed by atoms with Crippen molar-refractivity contribution < 1.29 is 26.7 Å². The van der Waals surface area contributed by atoms with E-state index in [0.717, 1.165) is 49.1 Å². The highest BCUT2D eigenvalue weighted by atomic mass is 32.2. The van der Waals surface area contributed by atoms with Gasteiger partial charge in [0.1, 0.15) is 5.75 Å². The fraction of sp³-hybridized carbons (Fsp3) is 0.588. The summed E-state index contributed by atoms with van der Waals surface area (Å²) in [6, 6.07) is 7.46. The monoisotopic (exact) mass is 691 g/mol. The van der Waals surface area contributed by atoms with Crippen LogP contribution in [-0.2, 0) is 21.3 Å². The molecule has 5 rings (SSSR count). The van der Waals surface area contributed by atoms with E-state index in [4.69, 9.17) is 9.47 Å². The summed E-state index contributed by atoms with van der Waals surface area (Å²) in [6.45, 7) is 0.767. The van der Waals surface area contributed by atoms with Crippen LogP contribution >= 0.6 is 9.24 Å². The quantitative estimate of drug-likeness (QED) is 0.276. The summed E-state index contributed by atoms with van der Waals surface area (Å²) in [5.41, 5.74) is -0.688. The summed E-state index contributed by atoms with van der Waals surface area (Å²) in [4.78, 5) is 4.80. The Morgan fingerprint density at radius 2 is 1.79 bits per heavy atom. The number of fused-ring (bicyclic) bond motifs is 1. The molecule has 0 spiro atoms. The van der Waals surface area contributed by atoms with Crippen LogP contribution in [0.5, 0.6) is 5.75 Å². The number of alkyl halides is 2. The van der Waals surface area contributed by atoms with Crippen molar-refractivity contribution in [3.05, 3.63) is 40.5 Å². The lowest BCUT2D eigenvalue weighted by molar-refractivity contribution is 0.0826. The number of rotatable bonds is 11. The lowest BCUT2D eigenvalue weighted by Crippen LogP contribution is -2.44. The Labute approximate surface area is 280 Å². The Morgan fingerprint density at radius 1 is 1.09 bits per heavy atom. The second kappa shape index (κ2) is 15.3. The van der Waals surface area contributed by atoms with Gasteiger partial charge in [0.2, 0.25) is 10.0 Å². The van der Waals surface area contributed by atoms with Crippen LogP contribution in [0.4, 0.5) is 14.5 Å². The first kappa shape index (κ1) is 35.6. The maximum Gasteiger partial charge on any atom is 0.276 e. The molecule has 1 aliphatic heterocycles. The number of hydrogen-bond donors (Lipinski definition) is 2. The molecule has 3 aliphatic rings.